The number of hydrogen-bond acceptors (Lipinski definition) is 6. The lowest BCUT2D eigenvalue weighted by Gasteiger charge is -2.07. The summed E-state index contributed by atoms with van der Waals surface area (Å²) in [5, 5.41) is 3.19. The van der Waals surface area contributed by atoms with Crippen molar-refractivity contribution in [3.8, 4) is 6.01 Å². The van der Waals surface area contributed by atoms with E-state index in [1.807, 2.05) is 6.92 Å². The highest BCUT2D eigenvalue weighted by atomic mass is 35.5. The van der Waals surface area contributed by atoms with Crippen LogP contribution in [0.2, 0.25) is 5.28 Å². The third-order valence-electron chi connectivity index (χ3n) is 2.25. The highest BCUT2D eigenvalue weighted by molar-refractivity contribution is 6.28. The average Bonchev–Trinajstić information content (AvgIpc) is 2.37. The van der Waals surface area contributed by atoms with Crippen molar-refractivity contribution in [3.63, 3.8) is 0 Å². The molecule has 0 aliphatic rings. The summed E-state index contributed by atoms with van der Waals surface area (Å²) in [5.41, 5.74) is 0. The number of halogens is 1. The number of aromatic nitrogens is 3. The van der Waals surface area contributed by atoms with E-state index in [2.05, 4.69) is 27.2 Å². The van der Waals surface area contributed by atoms with Gasteiger partial charge in [0, 0.05) is 19.8 Å². The van der Waals surface area contributed by atoms with Gasteiger partial charge in [0.05, 0.1) is 6.61 Å². The maximum absolute atomic E-state index is 5.78. The van der Waals surface area contributed by atoms with Crippen LogP contribution in [0.25, 0.3) is 0 Å². The maximum Gasteiger partial charge on any atom is 0.322 e. The standard InChI is InChI=1S/C12H21ClN4O2/c1-3-5-8-18-9-6-7-14-11-15-10(13)16-12(17-11)19-4-2/h3-9H2,1-2H3,(H,14,15,16,17). The number of ether oxygens (including phenoxy) is 2. The van der Waals surface area contributed by atoms with Gasteiger partial charge in [-0.3, -0.25) is 0 Å². The van der Waals surface area contributed by atoms with Crippen LogP contribution >= 0.6 is 11.6 Å². The molecule has 108 valence electrons. The molecule has 0 aromatic carbocycles. The Morgan fingerprint density at radius 1 is 1.11 bits per heavy atom. The Morgan fingerprint density at radius 2 is 1.89 bits per heavy atom. The van der Waals surface area contributed by atoms with Gasteiger partial charge in [0.2, 0.25) is 11.2 Å². The van der Waals surface area contributed by atoms with Gasteiger partial charge in [0.1, 0.15) is 0 Å². The maximum atomic E-state index is 5.78. The van der Waals surface area contributed by atoms with Crippen molar-refractivity contribution in [2.45, 2.75) is 33.1 Å². The normalized spacial score (nSPS) is 10.5. The minimum absolute atomic E-state index is 0.125. The van der Waals surface area contributed by atoms with E-state index < -0.39 is 0 Å². The van der Waals surface area contributed by atoms with Crippen molar-refractivity contribution >= 4 is 17.5 Å². The molecule has 0 saturated heterocycles. The first-order valence-electron chi connectivity index (χ1n) is 6.62. The van der Waals surface area contributed by atoms with Crippen LogP contribution in [0.3, 0.4) is 0 Å². The van der Waals surface area contributed by atoms with Gasteiger partial charge in [0.15, 0.2) is 0 Å². The molecule has 0 bridgehead atoms. The van der Waals surface area contributed by atoms with Gasteiger partial charge >= 0.3 is 6.01 Å². The van der Waals surface area contributed by atoms with Crippen LogP contribution in [-0.2, 0) is 4.74 Å². The first kappa shape index (κ1) is 15.9. The highest BCUT2D eigenvalue weighted by Crippen LogP contribution is 2.11. The molecule has 1 aromatic heterocycles. The van der Waals surface area contributed by atoms with Crippen LogP contribution in [0.15, 0.2) is 0 Å². The Labute approximate surface area is 118 Å². The quantitative estimate of drug-likeness (QED) is 0.667. The van der Waals surface area contributed by atoms with E-state index in [0.29, 0.717) is 12.6 Å². The second-order valence-electron chi connectivity index (χ2n) is 3.89. The number of nitrogens with zero attached hydrogens (tertiary/aromatic N) is 3. The van der Waals surface area contributed by atoms with Gasteiger partial charge in [-0.2, -0.15) is 15.0 Å². The molecular weight excluding hydrogens is 268 g/mol. The summed E-state index contributed by atoms with van der Waals surface area (Å²) in [6.07, 6.45) is 3.15. The fourth-order valence-corrected chi connectivity index (χ4v) is 1.48. The van der Waals surface area contributed by atoms with Crippen LogP contribution in [0.1, 0.15) is 33.1 Å². The molecule has 0 saturated carbocycles. The lowest BCUT2D eigenvalue weighted by atomic mass is 10.4. The third kappa shape index (κ3) is 7.12. The van der Waals surface area contributed by atoms with E-state index in [4.69, 9.17) is 21.1 Å². The van der Waals surface area contributed by atoms with Crippen molar-refractivity contribution in [1.29, 1.82) is 0 Å². The summed E-state index contributed by atoms with van der Waals surface area (Å²) >= 11 is 5.78. The SMILES string of the molecule is CCCCOCCCNc1nc(Cl)nc(OCC)n1. The molecule has 0 atom stereocenters. The fraction of sp³-hybridized carbons (Fsp3) is 0.750. The predicted molar refractivity (Wildman–Crippen MR) is 74.8 cm³/mol. The highest BCUT2D eigenvalue weighted by Gasteiger charge is 2.04. The van der Waals surface area contributed by atoms with E-state index in [0.717, 1.165) is 39.0 Å². The van der Waals surface area contributed by atoms with Crippen molar-refractivity contribution in [2.75, 3.05) is 31.7 Å². The van der Waals surface area contributed by atoms with Crippen molar-refractivity contribution < 1.29 is 9.47 Å². The topological polar surface area (TPSA) is 69.2 Å². The molecular formula is C12H21ClN4O2. The van der Waals surface area contributed by atoms with Gasteiger partial charge in [0.25, 0.3) is 0 Å². The lowest BCUT2D eigenvalue weighted by molar-refractivity contribution is 0.131. The molecule has 7 heteroatoms. The number of hydrogen-bond donors (Lipinski definition) is 1. The zero-order valence-electron chi connectivity index (χ0n) is 11.5. The monoisotopic (exact) mass is 288 g/mol. The van der Waals surface area contributed by atoms with E-state index in [1.54, 1.807) is 0 Å². The van der Waals surface area contributed by atoms with Crippen LogP contribution < -0.4 is 10.1 Å². The number of unbranched alkanes of at least 4 members (excludes halogenated alkanes) is 1. The molecule has 1 aromatic rings. The van der Waals surface area contributed by atoms with Crippen molar-refractivity contribution in [2.24, 2.45) is 0 Å². The Kier molecular flexibility index (Phi) is 8.16. The lowest BCUT2D eigenvalue weighted by Crippen LogP contribution is -2.10. The summed E-state index contributed by atoms with van der Waals surface area (Å²) in [7, 11) is 0. The molecule has 1 heterocycles. The molecule has 0 amide bonds. The summed E-state index contributed by atoms with van der Waals surface area (Å²) < 4.78 is 10.6. The van der Waals surface area contributed by atoms with Crippen molar-refractivity contribution in [3.05, 3.63) is 5.28 Å². The summed E-state index contributed by atoms with van der Waals surface area (Å²) in [6.45, 7) is 6.76. The number of nitrogens with one attached hydrogen (secondary N) is 1. The number of rotatable bonds is 10. The average molecular weight is 289 g/mol. The minimum atomic E-state index is 0.125. The van der Waals surface area contributed by atoms with Crippen LogP contribution in [0.5, 0.6) is 6.01 Å². The zero-order valence-corrected chi connectivity index (χ0v) is 12.2. The second-order valence-corrected chi connectivity index (χ2v) is 4.23. The van der Waals surface area contributed by atoms with Gasteiger partial charge in [-0.1, -0.05) is 13.3 Å². The molecule has 0 unspecified atom stereocenters. The molecule has 0 radical (unpaired) electrons. The molecule has 0 fully saturated rings. The Balaban J connectivity index is 2.25. The fourth-order valence-electron chi connectivity index (χ4n) is 1.33. The third-order valence-corrected chi connectivity index (χ3v) is 2.42. The molecule has 0 spiro atoms. The Bertz CT molecular complexity index is 366. The van der Waals surface area contributed by atoms with Gasteiger partial charge in [-0.05, 0) is 31.4 Å². The first-order chi connectivity index (χ1) is 9.26. The smallest absolute Gasteiger partial charge is 0.322 e. The summed E-state index contributed by atoms with van der Waals surface area (Å²) in [4.78, 5) is 11.9. The van der Waals surface area contributed by atoms with Crippen LogP contribution in [0.4, 0.5) is 5.95 Å². The van der Waals surface area contributed by atoms with Crippen molar-refractivity contribution in [1.82, 2.24) is 15.0 Å². The second kappa shape index (κ2) is 9.75. The first-order valence-corrected chi connectivity index (χ1v) is 7.00. The van der Waals surface area contributed by atoms with Crippen LogP contribution in [0, 0.1) is 0 Å². The summed E-state index contributed by atoms with van der Waals surface area (Å²) in [6, 6.07) is 0.240. The molecule has 1 rings (SSSR count). The molecule has 0 aliphatic heterocycles. The van der Waals surface area contributed by atoms with E-state index in [-0.39, 0.29) is 11.3 Å². The zero-order chi connectivity index (χ0) is 13.9. The Morgan fingerprint density at radius 3 is 2.63 bits per heavy atom. The minimum Gasteiger partial charge on any atom is -0.464 e. The molecule has 1 N–H and O–H groups in total. The van der Waals surface area contributed by atoms with Gasteiger partial charge < -0.3 is 14.8 Å². The molecule has 6 nitrogen and oxygen atoms in total. The predicted octanol–water partition coefficient (Wildman–Crippen LogP) is 2.54. The van der Waals surface area contributed by atoms with E-state index in [9.17, 15) is 0 Å². The van der Waals surface area contributed by atoms with Crippen LogP contribution in [-0.4, -0.2) is 41.3 Å². The molecule has 19 heavy (non-hydrogen) atoms. The Hall–Kier alpha value is -1.14. The largest absolute Gasteiger partial charge is 0.464 e. The van der Waals surface area contributed by atoms with Gasteiger partial charge in [-0.15, -0.1) is 0 Å². The van der Waals surface area contributed by atoms with E-state index in [1.165, 1.54) is 0 Å². The summed E-state index contributed by atoms with van der Waals surface area (Å²) in [5.74, 6) is 0.428. The van der Waals surface area contributed by atoms with E-state index >= 15 is 0 Å². The molecule has 0 aliphatic carbocycles. The number of anilines is 1. The van der Waals surface area contributed by atoms with Gasteiger partial charge in [-0.25, -0.2) is 0 Å².